The first-order valence-corrected chi connectivity index (χ1v) is 13.6. The second kappa shape index (κ2) is 11.5. The molecule has 0 aliphatic heterocycles. The van der Waals surface area contributed by atoms with Gasteiger partial charge in [0, 0.05) is 0 Å². The van der Waals surface area contributed by atoms with Crippen LogP contribution in [-0.4, -0.2) is 5.97 Å². The summed E-state index contributed by atoms with van der Waals surface area (Å²) in [6, 6.07) is 8.01. The van der Waals surface area contributed by atoms with Gasteiger partial charge < -0.3 is 4.74 Å². The van der Waals surface area contributed by atoms with E-state index in [-0.39, 0.29) is 11.9 Å². The monoisotopic (exact) mass is 436 g/mol. The normalized spacial score (nSPS) is 32.7. The van der Waals surface area contributed by atoms with Crippen LogP contribution in [0.15, 0.2) is 36.9 Å². The van der Waals surface area contributed by atoms with Gasteiger partial charge >= 0.3 is 5.97 Å². The molecule has 0 spiro atoms. The van der Waals surface area contributed by atoms with E-state index in [1.165, 1.54) is 69.8 Å². The van der Waals surface area contributed by atoms with Gasteiger partial charge in [-0.3, -0.25) is 4.79 Å². The molecule has 3 aliphatic carbocycles. The molecule has 0 saturated heterocycles. The summed E-state index contributed by atoms with van der Waals surface area (Å²) in [5.41, 5.74) is 1.26. The molecular weight excluding hydrogens is 392 g/mol. The zero-order chi connectivity index (χ0) is 22.3. The topological polar surface area (TPSA) is 26.3 Å². The van der Waals surface area contributed by atoms with Crippen molar-refractivity contribution >= 4 is 5.97 Å². The van der Waals surface area contributed by atoms with E-state index in [9.17, 15) is 4.79 Å². The number of rotatable bonds is 8. The first-order valence-electron chi connectivity index (χ1n) is 13.6. The maximum atomic E-state index is 12.7. The van der Waals surface area contributed by atoms with Crippen LogP contribution in [0, 0.1) is 35.5 Å². The minimum Gasteiger partial charge on any atom is -0.426 e. The van der Waals surface area contributed by atoms with Crippen LogP contribution in [0.2, 0.25) is 0 Å². The molecule has 0 aromatic heterocycles. The van der Waals surface area contributed by atoms with Crippen LogP contribution in [0.3, 0.4) is 0 Å². The maximum Gasteiger partial charge on any atom is 0.314 e. The molecule has 176 valence electrons. The molecule has 0 bridgehead atoms. The number of fused-ring (bicyclic) bond motifs is 1. The molecule has 3 saturated carbocycles. The van der Waals surface area contributed by atoms with E-state index in [0.29, 0.717) is 5.75 Å². The fraction of sp³-hybridized carbons (Fsp3) is 0.700. The quantitative estimate of drug-likeness (QED) is 0.233. The molecule has 4 unspecified atom stereocenters. The molecular formula is C30H44O2. The molecule has 1 aromatic carbocycles. The van der Waals surface area contributed by atoms with E-state index >= 15 is 0 Å². The van der Waals surface area contributed by atoms with E-state index in [0.717, 1.165) is 55.3 Å². The number of esters is 1. The number of carbonyl (C=O) groups excluding carboxylic acids is 1. The molecule has 2 nitrogen and oxygen atoms in total. The Morgan fingerprint density at radius 2 is 1.53 bits per heavy atom. The van der Waals surface area contributed by atoms with Gasteiger partial charge in [0.25, 0.3) is 0 Å². The lowest BCUT2D eigenvalue weighted by molar-refractivity contribution is -0.140. The summed E-state index contributed by atoms with van der Waals surface area (Å²) in [4.78, 5) is 12.7. The molecule has 3 fully saturated rings. The zero-order valence-electron chi connectivity index (χ0n) is 20.3. The lowest BCUT2D eigenvalue weighted by atomic mass is 9.60. The summed E-state index contributed by atoms with van der Waals surface area (Å²) in [7, 11) is 0. The SMILES string of the molecule is C=CCCc1ccc(OC(=O)C2CCC(C3CCC4CC(CCC)CCC4C3)CC2)cc1. The average Bonchev–Trinajstić information content (AvgIpc) is 2.83. The van der Waals surface area contributed by atoms with Gasteiger partial charge in [0.15, 0.2) is 0 Å². The summed E-state index contributed by atoms with van der Waals surface area (Å²) in [6.45, 7) is 6.12. The summed E-state index contributed by atoms with van der Waals surface area (Å²) in [6.07, 6.45) is 20.1. The predicted molar refractivity (Wildman–Crippen MR) is 133 cm³/mol. The van der Waals surface area contributed by atoms with Gasteiger partial charge in [0.05, 0.1) is 5.92 Å². The van der Waals surface area contributed by atoms with Crippen molar-refractivity contribution in [3.05, 3.63) is 42.5 Å². The fourth-order valence-electron chi connectivity index (χ4n) is 7.14. The van der Waals surface area contributed by atoms with Crippen molar-refractivity contribution in [1.29, 1.82) is 0 Å². The minimum atomic E-state index is -0.0137. The summed E-state index contributed by atoms with van der Waals surface area (Å²) < 4.78 is 5.74. The summed E-state index contributed by atoms with van der Waals surface area (Å²) >= 11 is 0. The van der Waals surface area contributed by atoms with Crippen molar-refractivity contribution in [2.45, 2.75) is 96.8 Å². The fourth-order valence-corrected chi connectivity index (χ4v) is 7.14. The largest absolute Gasteiger partial charge is 0.426 e. The highest BCUT2D eigenvalue weighted by Crippen LogP contribution is 2.49. The van der Waals surface area contributed by atoms with Crippen LogP contribution in [0.5, 0.6) is 5.75 Å². The second-order valence-electron chi connectivity index (χ2n) is 11.1. The Kier molecular flexibility index (Phi) is 8.49. The Morgan fingerprint density at radius 3 is 2.22 bits per heavy atom. The Morgan fingerprint density at radius 1 is 0.906 bits per heavy atom. The minimum absolute atomic E-state index is 0.0137. The number of allylic oxidation sites excluding steroid dienone is 1. The van der Waals surface area contributed by atoms with Gasteiger partial charge in [-0.15, -0.1) is 6.58 Å². The van der Waals surface area contributed by atoms with Gasteiger partial charge in [0.1, 0.15) is 5.75 Å². The number of hydrogen-bond acceptors (Lipinski definition) is 2. The molecule has 1 aromatic rings. The highest BCUT2D eigenvalue weighted by molar-refractivity contribution is 5.75. The van der Waals surface area contributed by atoms with Crippen LogP contribution in [0.1, 0.15) is 96.0 Å². The van der Waals surface area contributed by atoms with Gasteiger partial charge in [-0.25, -0.2) is 0 Å². The first kappa shape index (κ1) is 23.6. The third-order valence-electron chi connectivity index (χ3n) is 9.01. The number of ether oxygens (including phenoxy) is 1. The predicted octanol–water partition coefficient (Wildman–Crippen LogP) is 8.15. The van der Waals surface area contributed by atoms with E-state index in [4.69, 9.17) is 4.74 Å². The van der Waals surface area contributed by atoms with E-state index in [1.54, 1.807) is 0 Å². The summed E-state index contributed by atoms with van der Waals surface area (Å²) in [5, 5.41) is 0. The Bertz CT molecular complexity index is 728. The lowest BCUT2D eigenvalue weighted by Crippen LogP contribution is -2.35. The molecule has 4 rings (SSSR count). The van der Waals surface area contributed by atoms with Gasteiger partial charge in [-0.2, -0.15) is 0 Å². The van der Waals surface area contributed by atoms with Crippen molar-refractivity contribution in [2.75, 3.05) is 0 Å². The smallest absolute Gasteiger partial charge is 0.314 e. The molecule has 3 aliphatic rings. The lowest BCUT2D eigenvalue weighted by Gasteiger charge is -2.45. The molecule has 0 amide bonds. The second-order valence-corrected chi connectivity index (χ2v) is 11.1. The molecule has 0 radical (unpaired) electrons. The van der Waals surface area contributed by atoms with Crippen molar-refractivity contribution in [1.82, 2.24) is 0 Å². The first-order chi connectivity index (χ1) is 15.7. The van der Waals surface area contributed by atoms with Gasteiger partial charge in [0.2, 0.25) is 0 Å². The Labute approximate surface area is 196 Å². The van der Waals surface area contributed by atoms with Crippen molar-refractivity contribution in [3.8, 4) is 5.75 Å². The van der Waals surface area contributed by atoms with Crippen molar-refractivity contribution in [3.63, 3.8) is 0 Å². The van der Waals surface area contributed by atoms with Crippen molar-refractivity contribution in [2.24, 2.45) is 35.5 Å². The third kappa shape index (κ3) is 6.06. The number of carbonyl (C=O) groups is 1. The van der Waals surface area contributed by atoms with Crippen LogP contribution >= 0.6 is 0 Å². The van der Waals surface area contributed by atoms with Crippen LogP contribution < -0.4 is 4.74 Å². The number of hydrogen-bond donors (Lipinski definition) is 0. The Hall–Kier alpha value is -1.57. The van der Waals surface area contributed by atoms with E-state index < -0.39 is 0 Å². The third-order valence-corrected chi connectivity index (χ3v) is 9.01. The molecule has 0 N–H and O–H groups in total. The average molecular weight is 437 g/mol. The highest BCUT2D eigenvalue weighted by Gasteiger charge is 2.39. The standard InChI is InChI=1S/C30H44O2/c1-3-5-7-22-9-18-29(19-10-22)32-30(31)25-14-12-24(13-15-25)27-17-16-26-20-23(6-4-2)8-11-28(26)21-27/h3,9-10,18-19,23-28H,1,4-8,11-17,20-21H2,2H3. The number of aryl methyl sites for hydroxylation is 1. The van der Waals surface area contributed by atoms with E-state index in [1.807, 2.05) is 18.2 Å². The van der Waals surface area contributed by atoms with Gasteiger partial charge in [-0.1, -0.05) is 44.4 Å². The summed E-state index contributed by atoms with van der Waals surface area (Å²) in [5.74, 6) is 5.56. The van der Waals surface area contributed by atoms with Gasteiger partial charge in [-0.05, 0) is 118 Å². The molecule has 4 atom stereocenters. The maximum absolute atomic E-state index is 12.7. The van der Waals surface area contributed by atoms with Crippen molar-refractivity contribution < 1.29 is 9.53 Å². The molecule has 32 heavy (non-hydrogen) atoms. The zero-order valence-corrected chi connectivity index (χ0v) is 20.3. The highest BCUT2D eigenvalue weighted by atomic mass is 16.5. The van der Waals surface area contributed by atoms with Crippen LogP contribution in [-0.2, 0) is 11.2 Å². The Balaban J connectivity index is 1.20. The van der Waals surface area contributed by atoms with Crippen LogP contribution in [0.25, 0.3) is 0 Å². The molecule has 0 heterocycles. The molecule has 2 heteroatoms. The number of benzene rings is 1. The van der Waals surface area contributed by atoms with Crippen LogP contribution in [0.4, 0.5) is 0 Å². The van der Waals surface area contributed by atoms with E-state index in [2.05, 4.69) is 25.6 Å².